The minimum atomic E-state index is 0.147. The first-order valence-corrected chi connectivity index (χ1v) is 11.1. The van der Waals surface area contributed by atoms with Crippen LogP contribution in [0.1, 0.15) is 37.7 Å². The third-order valence-corrected chi connectivity index (χ3v) is 5.92. The van der Waals surface area contributed by atoms with Crippen LogP contribution < -0.4 is 15.5 Å². The maximum atomic E-state index is 12.3. The predicted octanol–water partition coefficient (Wildman–Crippen LogP) is 4.17. The molecule has 6 heteroatoms. The van der Waals surface area contributed by atoms with Gasteiger partial charge >= 0.3 is 0 Å². The Morgan fingerprint density at radius 3 is 2.35 bits per heavy atom. The minimum Gasteiger partial charge on any atom is -0.362 e. The molecule has 1 aliphatic rings. The van der Waals surface area contributed by atoms with Crippen molar-refractivity contribution in [2.45, 2.75) is 50.6 Å². The molecule has 0 saturated heterocycles. The van der Waals surface area contributed by atoms with Gasteiger partial charge in [0, 0.05) is 38.0 Å². The van der Waals surface area contributed by atoms with E-state index in [2.05, 4.69) is 28.8 Å². The molecule has 31 heavy (non-hydrogen) atoms. The van der Waals surface area contributed by atoms with Gasteiger partial charge in [0.1, 0.15) is 5.82 Å². The molecule has 1 aromatic heterocycles. The van der Waals surface area contributed by atoms with Gasteiger partial charge in [-0.2, -0.15) is 4.98 Å². The molecule has 0 spiro atoms. The summed E-state index contributed by atoms with van der Waals surface area (Å²) in [6.07, 6.45) is 5.28. The molecule has 6 nitrogen and oxygen atoms in total. The number of nitrogens with one attached hydrogen (secondary N) is 2. The fraction of sp³-hybridized carbons (Fsp3) is 0.400. The van der Waals surface area contributed by atoms with Crippen molar-refractivity contribution in [2.75, 3.05) is 24.3 Å². The van der Waals surface area contributed by atoms with E-state index in [0.717, 1.165) is 48.8 Å². The fourth-order valence-corrected chi connectivity index (χ4v) is 4.23. The van der Waals surface area contributed by atoms with Crippen molar-refractivity contribution in [1.82, 2.24) is 15.3 Å². The number of aryl methyl sites for hydroxylation is 1. The van der Waals surface area contributed by atoms with Gasteiger partial charge in [0.2, 0.25) is 11.9 Å². The topological polar surface area (TPSA) is 70.2 Å². The molecule has 1 heterocycles. The van der Waals surface area contributed by atoms with Crippen molar-refractivity contribution in [2.24, 2.45) is 0 Å². The lowest BCUT2D eigenvalue weighted by atomic mass is 9.91. The third kappa shape index (κ3) is 5.51. The van der Waals surface area contributed by atoms with E-state index in [-0.39, 0.29) is 11.9 Å². The van der Waals surface area contributed by atoms with Crippen molar-refractivity contribution < 1.29 is 4.79 Å². The van der Waals surface area contributed by atoms with Gasteiger partial charge in [0.25, 0.3) is 0 Å². The van der Waals surface area contributed by atoms with Crippen LogP contribution in [0.2, 0.25) is 0 Å². The second kappa shape index (κ2) is 9.77. The summed E-state index contributed by atoms with van der Waals surface area (Å²) in [5.41, 5.74) is 2.15. The van der Waals surface area contributed by atoms with Gasteiger partial charge in [-0.25, -0.2) is 4.98 Å². The van der Waals surface area contributed by atoms with E-state index in [1.165, 1.54) is 5.56 Å². The number of anilines is 2. The first-order valence-electron chi connectivity index (χ1n) is 11.1. The summed E-state index contributed by atoms with van der Waals surface area (Å²) >= 11 is 0. The molecule has 0 radical (unpaired) electrons. The van der Waals surface area contributed by atoms with Crippen LogP contribution in [0.25, 0.3) is 10.9 Å². The van der Waals surface area contributed by atoms with Gasteiger partial charge in [-0.3, -0.25) is 4.79 Å². The molecule has 4 rings (SSSR count). The van der Waals surface area contributed by atoms with Crippen molar-refractivity contribution in [3.63, 3.8) is 0 Å². The van der Waals surface area contributed by atoms with Crippen LogP contribution in [0.4, 0.5) is 11.8 Å². The number of hydrogen-bond acceptors (Lipinski definition) is 5. The lowest BCUT2D eigenvalue weighted by Gasteiger charge is -2.30. The summed E-state index contributed by atoms with van der Waals surface area (Å²) in [6.45, 7) is 0. The number of rotatable bonds is 7. The number of carbonyl (C=O) groups excluding carboxylic acids is 1. The Bertz CT molecular complexity index is 1010. The monoisotopic (exact) mass is 417 g/mol. The Morgan fingerprint density at radius 1 is 0.935 bits per heavy atom. The van der Waals surface area contributed by atoms with Crippen LogP contribution in [0, 0.1) is 0 Å². The van der Waals surface area contributed by atoms with E-state index < -0.39 is 0 Å². The molecule has 2 N–H and O–H groups in total. The standard InChI is InChI=1S/C25H31N5O/c1-30(2)24-21-10-6-7-11-22(21)28-25(29-24)27-20-15-13-19(14-16-20)26-23(31)17-12-18-8-4-3-5-9-18/h3-11,19-20H,12-17H2,1-2H3,(H,26,31)(H,27,28,29)/t19-,20+. The average Bonchev–Trinajstić information content (AvgIpc) is 2.79. The molecule has 3 aromatic rings. The molecular formula is C25H31N5O. The average molecular weight is 418 g/mol. The zero-order valence-corrected chi connectivity index (χ0v) is 18.3. The third-order valence-electron chi connectivity index (χ3n) is 5.92. The lowest BCUT2D eigenvalue weighted by Crippen LogP contribution is -2.40. The fourth-order valence-electron chi connectivity index (χ4n) is 4.23. The molecule has 1 aliphatic carbocycles. The van der Waals surface area contributed by atoms with Crippen molar-refractivity contribution >= 4 is 28.6 Å². The number of para-hydroxylation sites is 1. The highest BCUT2D eigenvalue weighted by molar-refractivity contribution is 5.90. The van der Waals surface area contributed by atoms with Crippen molar-refractivity contribution in [3.8, 4) is 0 Å². The van der Waals surface area contributed by atoms with Gasteiger partial charge < -0.3 is 15.5 Å². The molecule has 0 bridgehead atoms. The van der Waals surface area contributed by atoms with E-state index in [1.807, 2.05) is 55.4 Å². The Balaban J connectivity index is 1.29. The van der Waals surface area contributed by atoms with E-state index in [1.54, 1.807) is 0 Å². The van der Waals surface area contributed by atoms with Gasteiger partial charge in [-0.1, -0.05) is 42.5 Å². The molecule has 1 saturated carbocycles. The van der Waals surface area contributed by atoms with Crippen LogP contribution in [0.15, 0.2) is 54.6 Å². The number of nitrogens with zero attached hydrogens (tertiary/aromatic N) is 3. The van der Waals surface area contributed by atoms with Crippen LogP contribution in [-0.2, 0) is 11.2 Å². The van der Waals surface area contributed by atoms with Gasteiger partial charge in [-0.15, -0.1) is 0 Å². The molecule has 2 aromatic carbocycles. The molecule has 162 valence electrons. The number of fused-ring (bicyclic) bond motifs is 1. The van der Waals surface area contributed by atoms with E-state index >= 15 is 0 Å². The highest BCUT2D eigenvalue weighted by atomic mass is 16.1. The molecule has 1 fully saturated rings. The molecule has 0 atom stereocenters. The maximum absolute atomic E-state index is 12.3. The number of aromatic nitrogens is 2. The molecule has 0 aliphatic heterocycles. The van der Waals surface area contributed by atoms with Crippen LogP contribution >= 0.6 is 0 Å². The maximum Gasteiger partial charge on any atom is 0.225 e. The zero-order valence-electron chi connectivity index (χ0n) is 18.3. The second-order valence-electron chi connectivity index (χ2n) is 8.53. The Morgan fingerprint density at radius 2 is 1.61 bits per heavy atom. The van der Waals surface area contributed by atoms with Crippen LogP contribution in [0.5, 0.6) is 0 Å². The number of carbonyl (C=O) groups is 1. The highest BCUT2D eigenvalue weighted by Gasteiger charge is 2.23. The minimum absolute atomic E-state index is 0.147. The SMILES string of the molecule is CN(C)c1nc(N[C@H]2CC[C@@H](NC(=O)CCc3ccccc3)CC2)nc2ccccc12. The highest BCUT2D eigenvalue weighted by Crippen LogP contribution is 2.26. The lowest BCUT2D eigenvalue weighted by molar-refractivity contribution is -0.122. The predicted molar refractivity (Wildman–Crippen MR) is 126 cm³/mol. The summed E-state index contributed by atoms with van der Waals surface area (Å²) in [5.74, 6) is 1.75. The Labute approximate surface area is 184 Å². The zero-order chi connectivity index (χ0) is 21.6. The second-order valence-corrected chi connectivity index (χ2v) is 8.53. The summed E-state index contributed by atoms with van der Waals surface area (Å²) in [5, 5.41) is 7.80. The number of amides is 1. The first kappa shape index (κ1) is 21.1. The van der Waals surface area contributed by atoms with Gasteiger partial charge in [-0.05, 0) is 49.8 Å². The molecule has 0 unspecified atom stereocenters. The van der Waals surface area contributed by atoms with Crippen molar-refractivity contribution in [1.29, 1.82) is 0 Å². The number of benzene rings is 2. The summed E-state index contributed by atoms with van der Waals surface area (Å²) < 4.78 is 0. The summed E-state index contributed by atoms with van der Waals surface area (Å²) in [4.78, 5) is 23.8. The first-order chi connectivity index (χ1) is 15.1. The van der Waals surface area contributed by atoms with Crippen LogP contribution in [0.3, 0.4) is 0 Å². The largest absolute Gasteiger partial charge is 0.362 e. The van der Waals surface area contributed by atoms with E-state index in [0.29, 0.717) is 18.4 Å². The van der Waals surface area contributed by atoms with Crippen LogP contribution in [-0.4, -0.2) is 42.1 Å². The smallest absolute Gasteiger partial charge is 0.225 e. The molecule has 1 amide bonds. The molecular weight excluding hydrogens is 386 g/mol. The summed E-state index contributed by atoms with van der Waals surface area (Å²) in [7, 11) is 4.01. The quantitative estimate of drug-likeness (QED) is 0.604. The Kier molecular flexibility index (Phi) is 6.65. The van der Waals surface area contributed by atoms with Gasteiger partial charge in [0.15, 0.2) is 0 Å². The number of hydrogen-bond donors (Lipinski definition) is 2. The van der Waals surface area contributed by atoms with E-state index in [9.17, 15) is 4.79 Å². The van der Waals surface area contributed by atoms with Gasteiger partial charge in [0.05, 0.1) is 5.52 Å². The summed E-state index contributed by atoms with van der Waals surface area (Å²) in [6, 6.07) is 18.9. The van der Waals surface area contributed by atoms with E-state index in [4.69, 9.17) is 9.97 Å². The van der Waals surface area contributed by atoms with Crippen molar-refractivity contribution in [3.05, 3.63) is 60.2 Å². The normalized spacial score (nSPS) is 18.5. The Hall–Kier alpha value is -3.15.